The maximum atomic E-state index is 13.6. The Hall–Kier alpha value is -4.75. The monoisotopic (exact) mass is 591 g/mol. The van der Waals surface area contributed by atoms with Crippen LogP contribution in [0.25, 0.3) is 5.69 Å². The first-order valence-corrected chi connectivity index (χ1v) is 13.4. The van der Waals surface area contributed by atoms with Crippen LogP contribution >= 0.6 is 23.4 Å². The third-order valence-electron chi connectivity index (χ3n) is 6.28. The first-order valence-electron chi connectivity index (χ1n) is 12.2. The topological polar surface area (TPSA) is 168 Å². The van der Waals surface area contributed by atoms with Gasteiger partial charge in [0.05, 0.1) is 11.4 Å². The molecule has 208 valence electrons. The molecule has 4 N–H and O–H groups in total. The molecule has 0 bridgehead atoms. The van der Waals surface area contributed by atoms with Crippen molar-refractivity contribution in [3.63, 3.8) is 0 Å². The van der Waals surface area contributed by atoms with Gasteiger partial charge in [0.2, 0.25) is 5.91 Å². The van der Waals surface area contributed by atoms with Crippen LogP contribution in [0.1, 0.15) is 11.1 Å². The Morgan fingerprint density at radius 2 is 1.78 bits per heavy atom. The maximum Gasteiger partial charge on any atom is 0.340 e. The molecule has 1 aliphatic heterocycles. The number of thioether (sulfide) groups is 1. The molecule has 12 nitrogen and oxygen atoms in total. The van der Waals surface area contributed by atoms with Crippen LogP contribution in [-0.2, 0) is 32.0 Å². The fourth-order valence-corrected chi connectivity index (χ4v) is 5.74. The molecule has 2 heterocycles. The van der Waals surface area contributed by atoms with Gasteiger partial charge >= 0.3 is 17.8 Å². The summed E-state index contributed by atoms with van der Waals surface area (Å²) < 4.78 is 1.28. The van der Waals surface area contributed by atoms with Gasteiger partial charge in [-0.2, -0.15) is 4.68 Å². The Morgan fingerprint density at radius 1 is 1.02 bits per heavy atom. The van der Waals surface area contributed by atoms with E-state index in [1.165, 1.54) is 17.1 Å². The van der Waals surface area contributed by atoms with E-state index in [-0.39, 0.29) is 23.6 Å². The Labute approximate surface area is 242 Å². The van der Waals surface area contributed by atoms with Crippen LogP contribution in [0, 0.1) is 0 Å². The van der Waals surface area contributed by atoms with Gasteiger partial charge in [-0.1, -0.05) is 71.9 Å². The SMILES string of the molecule is O=C(Nc1cc(Cl)ccc1-n1cnnn1)C(=O)NC(Cc1ccccc1)C(=O)NC1(C(=O)O)Cc2ccccc2S1. The molecule has 0 aliphatic carbocycles. The molecule has 1 aliphatic rings. The highest BCUT2D eigenvalue weighted by Gasteiger charge is 2.47. The van der Waals surface area contributed by atoms with Crippen molar-refractivity contribution in [3.8, 4) is 5.69 Å². The van der Waals surface area contributed by atoms with E-state index < -0.39 is 34.6 Å². The van der Waals surface area contributed by atoms with Crippen LogP contribution in [0.5, 0.6) is 0 Å². The molecule has 0 saturated carbocycles. The smallest absolute Gasteiger partial charge is 0.340 e. The summed E-state index contributed by atoms with van der Waals surface area (Å²) >= 11 is 7.11. The number of aliphatic carboxylic acids is 1. The molecule has 0 saturated heterocycles. The summed E-state index contributed by atoms with van der Waals surface area (Å²) in [6, 6.07) is 19.3. The predicted molar refractivity (Wildman–Crippen MR) is 149 cm³/mol. The molecule has 4 aromatic rings. The van der Waals surface area contributed by atoms with Gasteiger partial charge in [0.1, 0.15) is 12.4 Å². The molecule has 2 unspecified atom stereocenters. The van der Waals surface area contributed by atoms with Crippen molar-refractivity contribution >= 4 is 52.7 Å². The van der Waals surface area contributed by atoms with Gasteiger partial charge in [0, 0.05) is 22.8 Å². The number of tetrazole rings is 1. The number of fused-ring (bicyclic) bond motifs is 1. The van der Waals surface area contributed by atoms with Crippen molar-refractivity contribution in [3.05, 3.63) is 95.3 Å². The lowest BCUT2D eigenvalue weighted by atomic mass is 10.0. The molecule has 41 heavy (non-hydrogen) atoms. The van der Waals surface area contributed by atoms with Gasteiger partial charge in [0.15, 0.2) is 4.87 Å². The van der Waals surface area contributed by atoms with Gasteiger partial charge < -0.3 is 21.1 Å². The molecule has 3 amide bonds. The summed E-state index contributed by atoms with van der Waals surface area (Å²) in [4.78, 5) is 51.0. The summed E-state index contributed by atoms with van der Waals surface area (Å²) in [5, 5.41) is 28.9. The first kappa shape index (κ1) is 27.8. The quantitative estimate of drug-likeness (QED) is 0.224. The van der Waals surface area contributed by atoms with Crippen molar-refractivity contribution in [2.75, 3.05) is 5.32 Å². The van der Waals surface area contributed by atoms with Crippen molar-refractivity contribution < 1.29 is 24.3 Å². The molecule has 1 aromatic heterocycles. The van der Waals surface area contributed by atoms with Crippen molar-refractivity contribution in [1.82, 2.24) is 30.8 Å². The number of halogens is 1. The molecule has 2 atom stereocenters. The average molecular weight is 592 g/mol. The number of hydrogen-bond donors (Lipinski definition) is 4. The fourth-order valence-electron chi connectivity index (χ4n) is 4.31. The summed E-state index contributed by atoms with van der Waals surface area (Å²) in [6.45, 7) is 0. The zero-order chi connectivity index (χ0) is 29.0. The van der Waals surface area contributed by atoms with Crippen molar-refractivity contribution in [1.29, 1.82) is 0 Å². The minimum atomic E-state index is -1.68. The standard InChI is InChI=1S/C27H22ClN7O5S/c28-18-10-11-21(35-15-29-33-34-35)19(13-18)30-24(37)25(38)31-20(12-16-6-2-1-3-7-16)23(36)32-27(26(39)40)14-17-8-4-5-9-22(17)41-27/h1-11,13,15,20H,12,14H2,(H,30,37)(H,31,38)(H,32,36)(H,39,40). The number of carboxylic acids is 1. The lowest BCUT2D eigenvalue weighted by Gasteiger charge is -2.27. The third-order valence-corrected chi connectivity index (χ3v) is 7.90. The van der Waals surface area contributed by atoms with Crippen LogP contribution in [0.3, 0.4) is 0 Å². The third kappa shape index (κ3) is 6.21. The minimum absolute atomic E-state index is 0.00600. The summed E-state index contributed by atoms with van der Waals surface area (Å²) in [6.07, 6.45) is 1.36. The number of carbonyl (C=O) groups excluding carboxylic acids is 3. The summed E-state index contributed by atoms with van der Waals surface area (Å²) in [7, 11) is 0. The maximum absolute atomic E-state index is 13.6. The molecule has 0 radical (unpaired) electrons. The van der Waals surface area contributed by atoms with Gasteiger partial charge in [-0.25, -0.2) is 4.79 Å². The Bertz CT molecular complexity index is 1590. The highest BCUT2D eigenvalue weighted by molar-refractivity contribution is 8.01. The van der Waals surface area contributed by atoms with E-state index in [9.17, 15) is 24.3 Å². The van der Waals surface area contributed by atoms with E-state index in [2.05, 4.69) is 31.5 Å². The van der Waals surface area contributed by atoms with Crippen LogP contribution in [0.15, 0.2) is 84.0 Å². The van der Waals surface area contributed by atoms with Crippen molar-refractivity contribution in [2.45, 2.75) is 28.6 Å². The fraction of sp³-hybridized carbons (Fsp3) is 0.148. The van der Waals surface area contributed by atoms with Crippen LogP contribution < -0.4 is 16.0 Å². The number of nitrogens with one attached hydrogen (secondary N) is 3. The molecule has 3 aromatic carbocycles. The molecule has 14 heteroatoms. The number of amides is 3. The van der Waals surface area contributed by atoms with Gasteiger partial charge in [-0.15, -0.1) is 5.10 Å². The zero-order valence-electron chi connectivity index (χ0n) is 21.2. The number of rotatable bonds is 8. The highest BCUT2D eigenvalue weighted by atomic mass is 35.5. The Balaban J connectivity index is 1.36. The number of nitrogens with zero attached hydrogens (tertiary/aromatic N) is 4. The van der Waals surface area contributed by atoms with Crippen LogP contribution in [0.4, 0.5) is 5.69 Å². The second-order valence-corrected chi connectivity index (χ2v) is 10.9. The van der Waals surface area contributed by atoms with E-state index >= 15 is 0 Å². The predicted octanol–water partition coefficient (Wildman–Crippen LogP) is 2.23. The summed E-state index contributed by atoms with van der Waals surface area (Å²) in [5.41, 5.74) is 1.97. The number of aromatic nitrogens is 4. The van der Waals surface area contributed by atoms with Gasteiger partial charge in [-0.3, -0.25) is 14.4 Å². The molecule has 5 rings (SSSR count). The van der Waals surface area contributed by atoms with Gasteiger partial charge in [0.25, 0.3) is 0 Å². The van der Waals surface area contributed by atoms with E-state index in [0.717, 1.165) is 22.2 Å². The van der Waals surface area contributed by atoms with E-state index in [1.54, 1.807) is 66.7 Å². The average Bonchev–Trinajstić information content (AvgIpc) is 3.62. The molecule has 0 fully saturated rings. The van der Waals surface area contributed by atoms with E-state index in [0.29, 0.717) is 11.3 Å². The first-order chi connectivity index (χ1) is 19.7. The molecular formula is C27H22ClN7O5S. The number of benzene rings is 3. The second-order valence-electron chi connectivity index (χ2n) is 9.09. The molecule has 0 spiro atoms. The van der Waals surface area contributed by atoms with E-state index in [4.69, 9.17) is 11.6 Å². The zero-order valence-corrected chi connectivity index (χ0v) is 22.7. The Morgan fingerprint density at radius 3 is 2.49 bits per heavy atom. The van der Waals surface area contributed by atoms with Gasteiger partial charge in [-0.05, 0) is 45.8 Å². The minimum Gasteiger partial charge on any atom is -0.479 e. The number of carbonyl (C=O) groups is 4. The number of hydrogen-bond acceptors (Lipinski definition) is 8. The molecular weight excluding hydrogens is 570 g/mol. The second kappa shape index (κ2) is 11.8. The largest absolute Gasteiger partial charge is 0.479 e. The van der Waals surface area contributed by atoms with Crippen LogP contribution in [0.2, 0.25) is 5.02 Å². The lowest BCUT2D eigenvalue weighted by Crippen LogP contribution is -2.59. The normalized spacial score (nSPS) is 16.3. The Kier molecular flexibility index (Phi) is 7.99. The lowest BCUT2D eigenvalue weighted by molar-refractivity contribution is -0.144. The summed E-state index contributed by atoms with van der Waals surface area (Å²) in [5.74, 6) is -4.18. The number of carboxylic acid groups (broad SMARTS) is 1. The number of anilines is 1. The van der Waals surface area contributed by atoms with Crippen molar-refractivity contribution in [2.24, 2.45) is 0 Å². The van der Waals surface area contributed by atoms with Crippen LogP contribution in [-0.4, -0.2) is 59.9 Å². The van der Waals surface area contributed by atoms with E-state index in [1.807, 2.05) is 0 Å². The highest BCUT2D eigenvalue weighted by Crippen LogP contribution is 2.43.